The number of carbonyl (C=O) groups excluding carboxylic acids is 1. The van der Waals surface area contributed by atoms with Gasteiger partial charge in [0.15, 0.2) is 5.65 Å². The minimum absolute atomic E-state index is 0.0590. The Hall–Kier alpha value is -3.39. The maximum absolute atomic E-state index is 11.7. The summed E-state index contributed by atoms with van der Waals surface area (Å²) in [5.74, 6) is 1.31. The highest BCUT2D eigenvalue weighted by Crippen LogP contribution is 2.29. The van der Waals surface area contributed by atoms with Gasteiger partial charge in [0, 0.05) is 35.1 Å². The van der Waals surface area contributed by atoms with Gasteiger partial charge in [-0.1, -0.05) is 26.5 Å². The predicted molar refractivity (Wildman–Crippen MR) is 131 cm³/mol. The smallest absolute Gasteiger partial charge is 0.247 e. The normalized spacial score (nSPS) is 17.7. The molecule has 2 aromatic heterocycles. The van der Waals surface area contributed by atoms with Crippen LogP contribution in [-0.2, 0) is 4.79 Å². The van der Waals surface area contributed by atoms with Gasteiger partial charge in [0.1, 0.15) is 11.9 Å². The Morgan fingerprint density at radius 1 is 1.33 bits per heavy atom. The number of aromatic nitrogens is 3. The molecule has 8 nitrogen and oxygen atoms in total. The van der Waals surface area contributed by atoms with E-state index in [1.165, 1.54) is 6.08 Å². The second-order valence-electron chi connectivity index (χ2n) is 9.41. The molecule has 1 aliphatic heterocycles. The molecule has 1 atom stereocenters. The van der Waals surface area contributed by atoms with Crippen molar-refractivity contribution in [3.63, 3.8) is 0 Å². The molecule has 33 heavy (non-hydrogen) atoms. The van der Waals surface area contributed by atoms with Crippen LogP contribution in [0.3, 0.4) is 0 Å². The third-order valence-corrected chi connectivity index (χ3v) is 5.87. The van der Waals surface area contributed by atoms with Crippen LogP contribution in [0.5, 0.6) is 5.88 Å². The molecule has 3 heterocycles. The topological polar surface area (TPSA) is 92.6 Å². The Labute approximate surface area is 194 Å². The van der Waals surface area contributed by atoms with Crippen LogP contribution in [0.1, 0.15) is 52.0 Å². The zero-order chi connectivity index (χ0) is 23.6. The molecule has 1 aromatic carbocycles. The van der Waals surface area contributed by atoms with Gasteiger partial charge in [-0.15, -0.1) is 0 Å². The molecule has 0 radical (unpaired) electrons. The first kappa shape index (κ1) is 22.8. The van der Waals surface area contributed by atoms with E-state index in [0.29, 0.717) is 11.6 Å². The summed E-state index contributed by atoms with van der Waals surface area (Å²) >= 11 is 0. The standard InChI is InChI=1S/C25H32N6O2/c1-6-22(32)29-18-9-7-8-17(12-18)28-21-13-23(33-19-10-11-25(4,5)26-14-19)30-24-20(16(2)3)15-27-31(21)24/h6-9,12-13,15-16,19,26,28H,1,10-11,14H2,2-5H3,(H,29,32)/t19-/m1/s1. The Morgan fingerprint density at radius 2 is 2.12 bits per heavy atom. The summed E-state index contributed by atoms with van der Waals surface area (Å²) in [4.78, 5) is 16.5. The minimum atomic E-state index is -0.257. The van der Waals surface area contributed by atoms with Crippen molar-refractivity contribution >= 4 is 28.7 Å². The number of carbonyl (C=O) groups is 1. The lowest BCUT2D eigenvalue weighted by Gasteiger charge is -2.35. The Kier molecular flexibility index (Phi) is 6.37. The van der Waals surface area contributed by atoms with Gasteiger partial charge in [-0.25, -0.2) is 0 Å². The van der Waals surface area contributed by atoms with E-state index in [4.69, 9.17) is 9.72 Å². The Bertz CT molecular complexity index is 1160. The number of hydrogen-bond donors (Lipinski definition) is 3. The van der Waals surface area contributed by atoms with E-state index in [0.717, 1.165) is 42.1 Å². The molecule has 8 heteroatoms. The number of amides is 1. The number of benzene rings is 1. The average Bonchev–Trinajstić information content (AvgIpc) is 3.20. The van der Waals surface area contributed by atoms with Crippen molar-refractivity contribution in [1.82, 2.24) is 19.9 Å². The van der Waals surface area contributed by atoms with Gasteiger partial charge < -0.3 is 20.7 Å². The number of nitrogens with one attached hydrogen (secondary N) is 3. The molecule has 174 valence electrons. The van der Waals surface area contributed by atoms with Crippen LogP contribution < -0.4 is 20.7 Å². The number of ether oxygens (including phenoxy) is 1. The monoisotopic (exact) mass is 448 g/mol. The molecule has 0 bridgehead atoms. The summed E-state index contributed by atoms with van der Waals surface area (Å²) in [5.41, 5.74) is 3.43. The van der Waals surface area contributed by atoms with E-state index in [1.54, 1.807) is 4.52 Å². The molecule has 0 saturated carbocycles. The van der Waals surface area contributed by atoms with Crippen LogP contribution in [0, 0.1) is 0 Å². The van der Waals surface area contributed by atoms with E-state index in [2.05, 4.69) is 55.3 Å². The molecule has 3 N–H and O–H groups in total. The maximum Gasteiger partial charge on any atom is 0.247 e. The molecule has 1 aliphatic rings. The van der Waals surface area contributed by atoms with Crippen molar-refractivity contribution in [2.45, 2.75) is 58.1 Å². The Morgan fingerprint density at radius 3 is 2.82 bits per heavy atom. The minimum Gasteiger partial charge on any atom is -0.473 e. The second kappa shape index (κ2) is 9.23. The zero-order valence-corrected chi connectivity index (χ0v) is 19.7. The first-order chi connectivity index (χ1) is 15.7. The highest BCUT2D eigenvalue weighted by atomic mass is 16.5. The van der Waals surface area contributed by atoms with E-state index in [1.807, 2.05) is 36.5 Å². The molecule has 0 aliphatic carbocycles. The number of hydrogen-bond acceptors (Lipinski definition) is 6. The van der Waals surface area contributed by atoms with Crippen molar-refractivity contribution < 1.29 is 9.53 Å². The Balaban J connectivity index is 1.65. The fourth-order valence-corrected chi connectivity index (χ4v) is 3.90. The van der Waals surface area contributed by atoms with E-state index in [9.17, 15) is 4.79 Å². The summed E-state index contributed by atoms with van der Waals surface area (Å²) < 4.78 is 8.10. The molecule has 0 unspecified atom stereocenters. The van der Waals surface area contributed by atoms with Crippen LogP contribution in [-0.4, -0.2) is 38.7 Å². The summed E-state index contributed by atoms with van der Waals surface area (Å²) in [6.45, 7) is 12.9. The zero-order valence-electron chi connectivity index (χ0n) is 19.7. The van der Waals surface area contributed by atoms with Gasteiger partial charge >= 0.3 is 0 Å². The largest absolute Gasteiger partial charge is 0.473 e. The van der Waals surface area contributed by atoms with Crippen molar-refractivity contribution in [1.29, 1.82) is 0 Å². The van der Waals surface area contributed by atoms with Crippen LogP contribution in [0.4, 0.5) is 17.2 Å². The fraction of sp³-hybridized carbons (Fsp3) is 0.400. The number of anilines is 3. The lowest BCUT2D eigenvalue weighted by molar-refractivity contribution is -0.111. The third-order valence-electron chi connectivity index (χ3n) is 5.87. The summed E-state index contributed by atoms with van der Waals surface area (Å²) in [5, 5.41) is 14.3. The van der Waals surface area contributed by atoms with Crippen LogP contribution >= 0.6 is 0 Å². The number of nitrogens with zero attached hydrogens (tertiary/aromatic N) is 3. The van der Waals surface area contributed by atoms with Gasteiger partial charge in [0.05, 0.1) is 6.20 Å². The van der Waals surface area contributed by atoms with Crippen LogP contribution in [0.25, 0.3) is 5.65 Å². The van der Waals surface area contributed by atoms with E-state index < -0.39 is 0 Å². The first-order valence-corrected chi connectivity index (χ1v) is 11.3. The SMILES string of the molecule is C=CC(=O)Nc1cccc(Nc2cc(O[C@@H]3CCC(C)(C)NC3)nc3c(C(C)C)cnn23)c1. The second-order valence-corrected chi connectivity index (χ2v) is 9.41. The van der Waals surface area contributed by atoms with Crippen LogP contribution in [0.15, 0.2) is 49.2 Å². The number of rotatable bonds is 7. The van der Waals surface area contributed by atoms with E-state index in [-0.39, 0.29) is 23.5 Å². The molecule has 3 aromatic rings. The fourth-order valence-electron chi connectivity index (χ4n) is 3.90. The van der Waals surface area contributed by atoms with Gasteiger partial charge in [0.2, 0.25) is 11.8 Å². The molecule has 1 amide bonds. The third kappa shape index (κ3) is 5.34. The van der Waals surface area contributed by atoms with Crippen molar-refractivity contribution in [2.75, 3.05) is 17.2 Å². The van der Waals surface area contributed by atoms with Gasteiger partial charge in [-0.3, -0.25) is 4.79 Å². The lowest BCUT2D eigenvalue weighted by atomic mass is 9.92. The highest BCUT2D eigenvalue weighted by Gasteiger charge is 2.27. The van der Waals surface area contributed by atoms with Crippen molar-refractivity contribution in [3.05, 3.63) is 54.7 Å². The number of fused-ring (bicyclic) bond motifs is 1. The quantitative estimate of drug-likeness (QED) is 0.457. The van der Waals surface area contributed by atoms with Gasteiger partial charge in [-0.2, -0.15) is 14.6 Å². The molecule has 4 rings (SSSR count). The van der Waals surface area contributed by atoms with Crippen LogP contribution in [0.2, 0.25) is 0 Å². The lowest BCUT2D eigenvalue weighted by Crippen LogP contribution is -2.50. The molecular formula is C25H32N6O2. The average molecular weight is 449 g/mol. The van der Waals surface area contributed by atoms with Gasteiger partial charge in [-0.05, 0) is 56.9 Å². The summed E-state index contributed by atoms with van der Waals surface area (Å²) in [6, 6.07) is 9.35. The molecule has 1 fully saturated rings. The van der Waals surface area contributed by atoms with Gasteiger partial charge in [0.25, 0.3) is 0 Å². The first-order valence-electron chi connectivity index (χ1n) is 11.3. The van der Waals surface area contributed by atoms with E-state index >= 15 is 0 Å². The molecule has 0 spiro atoms. The molecular weight excluding hydrogens is 416 g/mol. The van der Waals surface area contributed by atoms with Crippen molar-refractivity contribution in [2.24, 2.45) is 0 Å². The number of piperidine rings is 1. The van der Waals surface area contributed by atoms with Crippen molar-refractivity contribution in [3.8, 4) is 5.88 Å². The maximum atomic E-state index is 11.7. The summed E-state index contributed by atoms with van der Waals surface area (Å²) in [7, 11) is 0. The summed E-state index contributed by atoms with van der Waals surface area (Å²) in [6.07, 6.45) is 5.17. The highest BCUT2D eigenvalue weighted by molar-refractivity contribution is 5.99. The predicted octanol–water partition coefficient (Wildman–Crippen LogP) is 4.63. The molecule has 1 saturated heterocycles.